The quantitative estimate of drug-likeness (QED) is 0.312. The molecule has 0 N–H and O–H groups in total. The third-order valence-corrected chi connectivity index (χ3v) is 8.49. The van der Waals surface area contributed by atoms with E-state index >= 15 is 0 Å². The van der Waals surface area contributed by atoms with Crippen LogP contribution in [0.2, 0.25) is 0 Å². The van der Waals surface area contributed by atoms with Crippen LogP contribution in [0.3, 0.4) is 0 Å². The Balaban J connectivity index is 1.62. The molecule has 2 aliphatic heterocycles. The van der Waals surface area contributed by atoms with Crippen LogP contribution >= 0.6 is 15.9 Å². The Labute approximate surface area is 244 Å². The Morgan fingerprint density at radius 3 is 2.45 bits per heavy atom. The van der Waals surface area contributed by atoms with Crippen LogP contribution in [0.1, 0.15) is 56.2 Å². The van der Waals surface area contributed by atoms with E-state index in [0.29, 0.717) is 31.0 Å². The highest BCUT2D eigenvalue weighted by Gasteiger charge is 2.58. The number of methoxy groups -OCH3 is 2. The lowest BCUT2D eigenvalue weighted by atomic mass is 9.73. The standard InChI is InChI=1S/C32H35BrN2O5/c1-31(2,3)40-30(37)35-27-13-9-6-10-23(27)25-19-29(36)34(20-21-14-15-22(38-4)18-28(21)39-5)17-16-32(25,35)24-11-7-8-12-26(24)33/h6-15,18,25H,16-17,19-20H2,1-5H3/t25-,32+/m1/s1. The maximum atomic E-state index is 14.0. The van der Waals surface area contributed by atoms with Gasteiger partial charge in [0, 0.05) is 41.5 Å². The second-order valence-electron chi connectivity index (χ2n) is 11.3. The lowest BCUT2D eigenvalue weighted by Gasteiger charge is -2.43. The molecule has 0 bridgehead atoms. The molecule has 0 radical (unpaired) electrons. The van der Waals surface area contributed by atoms with Crippen molar-refractivity contribution in [2.45, 2.75) is 57.2 Å². The second-order valence-corrected chi connectivity index (χ2v) is 12.1. The maximum Gasteiger partial charge on any atom is 0.415 e. The molecule has 0 unspecified atom stereocenters. The third-order valence-electron chi connectivity index (χ3n) is 7.79. The minimum atomic E-state index is -0.833. The normalized spacial score (nSPS) is 20.4. The molecule has 7 nitrogen and oxygen atoms in total. The van der Waals surface area contributed by atoms with Crippen LogP contribution in [0.15, 0.2) is 71.2 Å². The maximum absolute atomic E-state index is 14.0. The van der Waals surface area contributed by atoms with E-state index < -0.39 is 17.2 Å². The average molecular weight is 608 g/mol. The number of carbonyl (C=O) groups is 2. The van der Waals surface area contributed by atoms with Gasteiger partial charge in [0.05, 0.1) is 25.4 Å². The van der Waals surface area contributed by atoms with Crippen molar-refractivity contribution in [3.63, 3.8) is 0 Å². The Bertz CT molecular complexity index is 1430. The largest absolute Gasteiger partial charge is 0.497 e. The summed E-state index contributed by atoms with van der Waals surface area (Å²) < 4.78 is 17.9. The number of anilines is 1. The van der Waals surface area contributed by atoms with Crippen molar-refractivity contribution in [1.82, 2.24) is 4.90 Å². The molecule has 5 rings (SSSR count). The molecule has 2 atom stereocenters. The zero-order valence-corrected chi connectivity index (χ0v) is 25.2. The van der Waals surface area contributed by atoms with E-state index in [4.69, 9.17) is 14.2 Å². The summed E-state index contributed by atoms with van der Waals surface area (Å²) in [4.78, 5) is 31.7. The Morgan fingerprint density at radius 1 is 1.02 bits per heavy atom. The zero-order valence-electron chi connectivity index (χ0n) is 23.6. The number of amides is 2. The van der Waals surface area contributed by atoms with Crippen LogP contribution in [0.5, 0.6) is 11.5 Å². The molecule has 1 fully saturated rings. The van der Waals surface area contributed by atoms with Gasteiger partial charge < -0.3 is 19.1 Å². The van der Waals surface area contributed by atoms with Gasteiger partial charge in [-0.2, -0.15) is 0 Å². The summed E-state index contributed by atoms with van der Waals surface area (Å²) in [6.07, 6.45) is 0.352. The number of nitrogens with zero attached hydrogens (tertiary/aromatic N) is 2. The summed E-state index contributed by atoms with van der Waals surface area (Å²) in [5.41, 5.74) is 2.09. The number of halogens is 1. The van der Waals surface area contributed by atoms with E-state index in [0.717, 1.165) is 26.9 Å². The van der Waals surface area contributed by atoms with E-state index in [2.05, 4.69) is 15.9 Å². The predicted molar refractivity (Wildman–Crippen MR) is 158 cm³/mol. The molecule has 0 spiro atoms. The average Bonchev–Trinajstić information content (AvgIpc) is 3.11. The van der Waals surface area contributed by atoms with Crippen molar-refractivity contribution in [2.24, 2.45) is 0 Å². The van der Waals surface area contributed by atoms with Crippen LogP contribution in [0.4, 0.5) is 10.5 Å². The molecule has 0 aliphatic carbocycles. The number of rotatable bonds is 5. The Hall–Kier alpha value is -3.52. The summed E-state index contributed by atoms with van der Waals surface area (Å²) in [5.74, 6) is 1.12. The van der Waals surface area contributed by atoms with Crippen molar-refractivity contribution in [1.29, 1.82) is 0 Å². The van der Waals surface area contributed by atoms with Gasteiger partial charge in [-0.1, -0.05) is 52.3 Å². The van der Waals surface area contributed by atoms with Gasteiger partial charge in [0.15, 0.2) is 0 Å². The summed E-state index contributed by atoms with van der Waals surface area (Å²) in [5, 5.41) is 0. The van der Waals surface area contributed by atoms with Crippen LogP contribution in [0.25, 0.3) is 0 Å². The number of para-hydroxylation sites is 1. The highest BCUT2D eigenvalue weighted by atomic mass is 79.9. The van der Waals surface area contributed by atoms with Gasteiger partial charge in [-0.3, -0.25) is 9.69 Å². The molecule has 0 saturated carbocycles. The minimum absolute atomic E-state index is 0.0256. The summed E-state index contributed by atoms with van der Waals surface area (Å²) in [6.45, 7) is 6.44. The van der Waals surface area contributed by atoms with Gasteiger partial charge in [-0.15, -0.1) is 0 Å². The van der Waals surface area contributed by atoms with Crippen molar-refractivity contribution >= 4 is 33.6 Å². The van der Waals surface area contributed by atoms with Gasteiger partial charge in [0.2, 0.25) is 5.91 Å². The predicted octanol–water partition coefficient (Wildman–Crippen LogP) is 7.02. The van der Waals surface area contributed by atoms with Crippen molar-refractivity contribution in [2.75, 3.05) is 25.7 Å². The molecular weight excluding hydrogens is 572 g/mol. The SMILES string of the molecule is COc1ccc(CN2CC[C@]3(c4ccccc4Br)[C@H](CC2=O)c2ccccc2N3C(=O)OC(C)(C)C)c(OC)c1. The fourth-order valence-corrected chi connectivity index (χ4v) is 6.72. The molecule has 210 valence electrons. The van der Waals surface area contributed by atoms with Crippen LogP contribution in [-0.2, 0) is 21.6 Å². The number of fused-ring (bicyclic) bond motifs is 3. The zero-order chi connectivity index (χ0) is 28.7. The van der Waals surface area contributed by atoms with Gasteiger partial charge in [0.1, 0.15) is 17.1 Å². The molecule has 8 heteroatoms. The number of likely N-dealkylation sites (tertiary alicyclic amines) is 1. The highest BCUT2D eigenvalue weighted by molar-refractivity contribution is 9.10. The third kappa shape index (κ3) is 4.94. The number of hydrogen-bond donors (Lipinski definition) is 0. The second kappa shape index (κ2) is 10.8. The fraction of sp³-hybridized carbons (Fsp3) is 0.375. The number of benzene rings is 3. The molecule has 1 saturated heterocycles. The van der Waals surface area contributed by atoms with E-state index in [1.807, 2.05) is 97.3 Å². The molecule has 3 aromatic carbocycles. The molecule has 2 aliphatic rings. The topological polar surface area (TPSA) is 68.3 Å². The monoisotopic (exact) mass is 606 g/mol. The molecule has 0 aromatic heterocycles. The van der Waals surface area contributed by atoms with Gasteiger partial charge in [-0.05, 0) is 62.6 Å². The lowest BCUT2D eigenvalue weighted by molar-refractivity contribution is -0.131. The van der Waals surface area contributed by atoms with Crippen molar-refractivity contribution in [3.05, 3.63) is 87.9 Å². The smallest absolute Gasteiger partial charge is 0.415 e. The van der Waals surface area contributed by atoms with E-state index in [9.17, 15) is 9.59 Å². The first-order valence-corrected chi connectivity index (χ1v) is 14.2. The lowest BCUT2D eigenvalue weighted by Crippen LogP contribution is -2.51. The summed E-state index contributed by atoms with van der Waals surface area (Å²) >= 11 is 3.78. The van der Waals surface area contributed by atoms with Crippen LogP contribution in [-0.4, -0.2) is 43.3 Å². The Kier molecular flexibility index (Phi) is 7.57. The fourth-order valence-electron chi connectivity index (χ4n) is 6.09. The molecule has 2 amide bonds. The number of carbonyl (C=O) groups excluding carboxylic acids is 2. The van der Waals surface area contributed by atoms with Crippen molar-refractivity contribution < 1.29 is 23.8 Å². The molecular formula is C32H35BrN2O5. The Morgan fingerprint density at radius 2 is 1.75 bits per heavy atom. The van der Waals surface area contributed by atoms with Gasteiger partial charge >= 0.3 is 6.09 Å². The van der Waals surface area contributed by atoms with Crippen LogP contribution < -0.4 is 14.4 Å². The summed E-state index contributed by atoms with van der Waals surface area (Å²) in [6, 6.07) is 21.5. The van der Waals surface area contributed by atoms with Crippen LogP contribution in [0, 0.1) is 0 Å². The first-order valence-electron chi connectivity index (χ1n) is 13.4. The highest BCUT2D eigenvalue weighted by Crippen LogP contribution is 2.59. The number of hydrogen-bond acceptors (Lipinski definition) is 5. The molecule has 40 heavy (non-hydrogen) atoms. The first-order chi connectivity index (χ1) is 19.1. The minimum Gasteiger partial charge on any atom is -0.497 e. The molecule has 2 heterocycles. The number of ether oxygens (including phenoxy) is 3. The summed E-state index contributed by atoms with van der Waals surface area (Å²) in [7, 11) is 3.23. The molecule has 3 aromatic rings. The van der Waals surface area contributed by atoms with E-state index in [1.54, 1.807) is 14.2 Å². The van der Waals surface area contributed by atoms with E-state index in [1.165, 1.54) is 0 Å². The van der Waals surface area contributed by atoms with E-state index in [-0.39, 0.29) is 18.2 Å². The van der Waals surface area contributed by atoms with Gasteiger partial charge in [-0.25, -0.2) is 4.79 Å². The van der Waals surface area contributed by atoms with Gasteiger partial charge in [0.25, 0.3) is 0 Å². The van der Waals surface area contributed by atoms with Crippen molar-refractivity contribution in [3.8, 4) is 11.5 Å². The first kappa shape index (κ1) is 28.0.